The first kappa shape index (κ1) is 26.7. The Labute approximate surface area is 226 Å². The zero-order chi connectivity index (χ0) is 26.2. The Hall–Kier alpha value is -3.32. The molecule has 1 aliphatic rings. The van der Waals surface area contributed by atoms with Crippen molar-refractivity contribution in [2.24, 2.45) is 0 Å². The Bertz CT molecular complexity index is 1190. The molecule has 0 bridgehead atoms. The minimum absolute atomic E-state index is 0.240. The minimum Gasteiger partial charge on any atom is -0.453 e. The number of esters is 3. The van der Waals surface area contributed by atoms with Crippen LogP contribution in [0.2, 0.25) is 0 Å². The zero-order valence-electron chi connectivity index (χ0n) is 19.3. The maximum atomic E-state index is 12.9. The lowest BCUT2D eigenvalue weighted by Crippen LogP contribution is -2.62. The molecule has 2 unspecified atom stereocenters. The molecule has 0 aromatic heterocycles. The Balaban J connectivity index is 1.63. The van der Waals surface area contributed by atoms with Gasteiger partial charge in [0.2, 0.25) is 6.29 Å². The topological polar surface area (TPSA) is 118 Å². The summed E-state index contributed by atoms with van der Waals surface area (Å²) in [6.07, 6.45) is -6.31. The fourth-order valence-electron chi connectivity index (χ4n) is 3.77. The molecule has 1 saturated heterocycles. The third kappa shape index (κ3) is 6.52. The van der Waals surface area contributed by atoms with Crippen LogP contribution in [0.15, 0.2) is 91.0 Å². The molecule has 3 aromatic carbocycles. The van der Waals surface area contributed by atoms with Crippen LogP contribution in [0.4, 0.5) is 0 Å². The Morgan fingerprint density at radius 3 is 1.46 bits per heavy atom. The summed E-state index contributed by atoms with van der Waals surface area (Å²) in [5.41, 5.74) is 0.746. The summed E-state index contributed by atoms with van der Waals surface area (Å²) in [6.45, 7) is -0.595. The van der Waals surface area contributed by atoms with E-state index in [-0.39, 0.29) is 16.7 Å². The van der Waals surface area contributed by atoms with Crippen molar-refractivity contribution in [3.05, 3.63) is 108 Å². The second-order valence-electron chi connectivity index (χ2n) is 8.02. The summed E-state index contributed by atoms with van der Waals surface area (Å²) in [7, 11) is 0. The molecule has 10 heteroatoms. The predicted molar refractivity (Wildman–Crippen MR) is 138 cm³/mol. The second kappa shape index (κ2) is 12.8. The molecule has 192 valence electrons. The Morgan fingerprint density at radius 2 is 1.05 bits per heavy atom. The monoisotopic (exact) mass is 618 g/mol. The molecule has 37 heavy (non-hydrogen) atoms. The highest BCUT2D eigenvalue weighted by atomic mass is 127. The van der Waals surface area contributed by atoms with E-state index in [4.69, 9.17) is 22.0 Å². The van der Waals surface area contributed by atoms with E-state index in [1.807, 2.05) is 0 Å². The molecule has 4 rings (SSSR count). The van der Waals surface area contributed by atoms with Crippen molar-refractivity contribution in [3.8, 4) is 0 Å². The molecule has 1 N–H and O–H groups in total. The number of hydrogen-bond donors (Lipinski definition) is 1. The lowest BCUT2D eigenvalue weighted by molar-refractivity contribution is -0.275. The summed E-state index contributed by atoms with van der Waals surface area (Å²) in [5, 5.41) is 10.1. The first-order valence-corrected chi connectivity index (χ1v) is 12.2. The predicted octanol–water partition coefficient (Wildman–Crippen LogP) is 3.75. The molecule has 0 aliphatic carbocycles. The highest BCUT2D eigenvalue weighted by molar-refractivity contribution is 14.1. The van der Waals surface area contributed by atoms with Crippen LogP contribution >= 0.6 is 23.0 Å². The minimum atomic E-state index is -1.47. The van der Waals surface area contributed by atoms with Gasteiger partial charge in [-0.25, -0.2) is 14.4 Å². The lowest BCUT2D eigenvalue weighted by atomic mass is 9.98. The van der Waals surface area contributed by atoms with Gasteiger partial charge in [-0.3, -0.25) is 0 Å². The first-order valence-electron chi connectivity index (χ1n) is 11.3. The summed E-state index contributed by atoms with van der Waals surface area (Å²) in [6, 6.07) is 24.6. The van der Waals surface area contributed by atoms with Gasteiger partial charge in [-0.1, -0.05) is 54.6 Å². The van der Waals surface area contributed by atoms with E-state index in [0.717, 1.165) is 0 Å². The maximum absolute atomic E-state index is 12.9. The van der Waals surface area contributed by atoms with Gasteiger partial charge < -0.3 is 27.1 Å². The van der Waals surface area contributed by atoms with Gasteiger partial charge in [-0.15, -0.1) is 0 Å². The van der Waals surface area contributed by atoms with Crippen molar-refractivity contribution in [1.29, 1.82) is 0 Å². The van der Waals surface area contributed by atoms with Crippen LogP contribution in [0.25, 0.3) is 0 Å². The zero-order valence-corrected chi connectivity index (χ0v) is 21.5. The molecule has 1 aliphatic heterocycles. The van der Waals surface area contributed by atoms with Crippen LogP contribution in [0.5, 0.6) is 0 Å². The third-order valence-electron chi connectivity index (χ3n) is 5.61. The number of rotatable bonds is 8. The van der Waals surface area contributed by atoms with Gasteiger partial charge in [0.1, 0.15) is 29.1 Å². The smallest absolute Gasteiger partial charge is 0.340 e. The van der Waals surface area contributed by atoms with Crippen LogP contribution < -0.4 is 0 Å². The van der Waals surface area contributed by atoms with E-state index in [1.54, 1.807) is 114 Å². The van der Waals surface area contributed by atoms with E-state index < -0.39 is 55.2 Å². The van der Waals surface area contributed by atoms with Gasteiger partial charge in [0.05, 0.1) is 23.3 Å². The van der Waals surface area contributed by atoms with E-state index in [1.165, 1.54) is 0 Å². The molecule has 0 saturated carbocycles. The quantitative estimate of drug-likeness (QED) is 0.229. The molecule has 9 nitrogen and oxygen atoms in total. The van der Waals surface area contributed by atoms with Crippen molar-refractivity contribution in [2.75, 3.05) is 6.61 Å². The number of halogens is 1. The second-order valence-corrected chi connectivity index (χ2v) is 8.53. The van der Waals surface area contributed by atoms with E-state index in [2.05, 4.69) is 0 Å². The maximum Gasteiger partial charge on any atom is 0.340 e. The number of carbonyl (C=O) groups is 3. The number of aliphatic hydroxyl groups excluding tert-OH is 1. The summed E-state index contributed by atoms with van der Waals surface area (Å²) in [5.74, 6) is -2.17. The molecule has 0 amide bonds. The summed E-state index contributed by atoms with van der Waals surface area (Å²) >= 11 is 1.58. The lowest BCUT2D eigenvalue weighted by Gasteiger charge is -2.43. The van der Waals surface area contributed by atoms with Crippen LogP contribution in [0.1, 0.15) is 31.1 Å². The van der Waals surface area contributed by atoms with E-state index in [9.17, 15) is 19.5 Å². The number of ether oxygens (including phenoxy) is 4. The number of carbonyl (C=O) groups excluding carboxylic acids is 3. The molecule has 0 spiro atoms. The van der Waals surface area contributed by atoms with Gasteiger partial charge in [0.25, 0.3) is 0 Å². The largest absolute Gasteiger partial charge is 0.453 e. The first-order chi connectivity index (χ1) is 18.0. The van der Waals surface area contributed by atoms with Crippen molar-refractivity contribution in [3.63, 3.8) is 0 Å². The fraction of sp³-hybridized carbons (Fsp3) is 0.222. The number of aliphatic hydroxyl groups is 1. The number of benzene rings is 3. The van der Waals surface area contributed by atoms with Crippen LogP contribution in [-0.4, -0.2) is 60.3 Å². The van der Waals surface area contributed by atoms with Crippen LogP contribution in [-0.2, 0) is 22.0 Å². The molecular formula is C27H23IO9. The molecule has 5 atom stereocenters. The molecule has 0 radical (unpaired) electrons. The Kier molecular flexibility index (Phi) is 9.23. The van der Waals surface area contributed by atoms with E-state index >= 15 is 0 Å². The van der Waals surface area contributed by atoms with Crippen molar-refractivity contribution < 1.29 is 41.5 Å². The average molecular weight is 618 g/mol. The highest BCUT2D eigenvalue weighted by Gasteiger charge is 2.52. The van der Waals surface area contributed by atoms with Gasteiger partial charge >= 0.3 is 17.9 Å². The van der Waals surface area contributed by atoms with Gasteiger partial charge in [0.15, 0.2) is 18.3 Å². The molecule has 1 heterocycles. The van der Waals surface area contributed by atoms with Gasteiger partial charge in [-0.2, -0.15) is 0 Å². The van der Waals surface area contributed by atoms with Crippen LogP contribution in [0, 0.1) is 0 Å². The third-order valence-corrected chi connectivity index (χ3v) is 6.20. The average Bonchev–Trinajstić information content (AvgIpc) is 2.95. The van der Waals surface area contributed by atoms with Gasteiger partial charge in [-0.05, 0) is 36.4 Å². The molecule has 1 fully saturated rings. The summed E-state index contributed by atoms with van der Waals surface area (Å²) < 4.78 is 28.3. The number of hydrogen-bond acceptors (Lipinski definition) is 9. The van der Waals surface area contributed by atoms with E-state index in [0.29, 0.717) is 0 Å². The SMILES string of the molecule is O=C(O[C@@H]1C(CO)O[C@@H](OC(=O)c2ccccc2)[C@@H](OC(=O)c2ccccc2)C1OI)c1ccccc1. The normalized spacial score (nSPS) is 23.0. The van der Waals surface area contributed by atoms with Crippen LogP contribution in [0.3, 0.4) is 0 Å². The molecule has 3 aromatic rings. The standard InChI is InChI=1S/C27H23IO9/c28-37-22-21(34-24(30)17-10-4-1-5-11-17)20(16-29)33-27(36-26(32)19-14-8-3-9-15-19)23(22)35-25(31)18-12-6-2-7-13-18/h1-15,20-23,27,29H,16H2/t20?,21-,22?,23+,27+/m1/s1. The summed E-state index contributed by atoms with van der Waals surface area (Å²) in [4.78, 5) is 38.6. The fourth-order valence-corrected chi connectivity index (χ4v) is 4.35. The van der Waals surface area contributed by atoms with Crippen molar-refractivity contribution in [1.82, 2.24) is 0 Å². The van der Waals surface area contributed by atoms with Crippen molar-refractivity contribution in [2.45, 2.75) is 30.7 Å². The van der Waals surface area contributed by atoms with Crippen molar-refractivity contribution >= 4 is 40.9 Å². The van der Waals surface area contributed by atoms with Gasteiger partial charge in [0, 0.05) is 0 Å². The molecular weight excluding hydrogens is 595 g/mol. The Morgan fingerprint density at radius 1 is 0.649 bits per heavy atom. The highest BCUT2D eigenvalue weighted by Crippen LogP contribution is 2.32.